The van der Waals surface area contributed by atoms with Gasteiger partial charge in [-0.1, -0.05) is 34.1 Å². The third-order valence-electron chi connectivity index (χ3n) is 2.51. The molecule has 3 heteroatoms. The molecule has 2 rings (SSSR count). The molecule has 14 heavy (non-hydrogen) atoms. The molecular formula is C11H12BrNO. The van der Waals surface area contributed by atoms with Crippen molar-refractivity contribution in [2.75, 3.05) is 13.1 Å². The summed E-state index contributed by atoms with van der Waals surface area (Å²) in [5.74, 6) is 0.776. The van der Waals surface area contributed by atoms with Gasteiger partial charge in [0.15, 0.2) is 5.78 Å². The van der Waals surface area contributed by atoms with Gasteiger partial charge in [-0.25, -0.2) is 0 Å². The van der Waals surface area contributed by atoms with Crippen LogP contribution in [0, 0.1) is 5.92 Å². The highest BCUT2D eigenvalue weighted by Crippen LogP contribution is 2.20. The molecule has 1 N–H and O–H groups in total. The molecule has 0 aliphatic carbocycles. The van der Waals surface area contributed by atoms with Crippen molar-refractivity contribution in [3.05, 3.63) is 34.3 Å². The average molecular weight is 254 g/mol. The Morgan fingerprint density at radius 2 is 2.14 bits per heavy atom. The van der Waals surface area contributed by atoms with Crippen molar-refractivity contribution in [2.45, 2.75) is 6.42 Å². The maximum Gasteiger partial charge on any atom is 0.164 e. The van der Waals surface area contributed by atoms with Crippen LogP contribution in [0.25, 0.3) is 0 Å². The van der Waals surface area contributed by atoms with Gasteiger partial charge in [0.1, 0.15) is 0 Å². The fourth-order valence-electron chi connectivity index (χ4n) is 1.55. The van der Waals surface area contributed by atoms with Gasteiger partial charge in [-0.2, -0.15) is 0 Å². The lowest BCUT2D eigenvalue weighted by Crippen LogP contribution is -2.42. The third-order valence-corrected chi connectivity index (χ3v) is 3.21. The summed E-state index contributed by atoms with van der Waals surface area (Å²) in [7, 11) is 0. The molecule has 74 valence electrons. The summed E-state index contributed by atoms with van der Waals surface area (Å²) in [6.45, 7) is 1.96. The number of halogens is 1. The van der Waals surface area contributed by atoms with Gasteiger partial charge in [-0.3, -0.25) is 4.79 Å². The summed E-state index contributed by atoms with van der Waals surface area (Å²) < 4.78 is 0.900. The van der Waals surface area contributed by atoms with E-state index in [1.54, 1.807) is 0 Å². The van der Waals surface area contributed by atoms with E-state index in [1.165, 1.54) is 0 Å². The number of benzene rings is 1. The molecule has 0 bridgehead atoms. The van der Waals surface area contributed by atoms with Crippen LogP contribution in [-0.2, 0) is 0 Å². The largest absolute Gasteiger partial charge is 0.316 e. The summed E-state index contributed by atoms with van der Waals surface area (Å²) in [4.78, 5) is 11.8. The van der Waals surface area contributed by atoms with E-state index in [4.69, 9.17) is 0 Å². The molecule has 1 aromatic carbocycles. The molecule has 0 radical (unpaired) electrons. The van der Waals surface area contributed by atoms with Crippen molar-refractivity contribution in [1.82, 2.24) is 5.32 Å². The van der Waals surface area contributed by atoms with Crippen LogP contribution in [0.2, 0.25) is 0 Å². The number of ketones is 1. The first-order valence-corrected chi connectivity index (χ1v) is 5.55. The van der Waals surface area contributed by atoms with Crippen molar-refractivity contribution < 1.29 is 4.79 Å². The second-order valence-corrected chi connectivity index (χ2v) is 4.49. The predicted molar refractivity (Wildman–Crippen MR) is 59.4 cm³/mol. The quantitative estimate of drug-likeness (QED) is 0.838. The molecule has 2 nitrogen and oxygen atoms in total. The minimum absolute atomic E-state index is 0.240. The molecule has 1 aliphatic rings. The van der Waals surface area contributed by atoms with Crippen LogP contribution in [0.5, 0.6) is 0 Å². The van der Waals surface area contributed by atoms with E-state index in [-0.39, 0.29) is 5.78 Å². The van der Waals surface area contributed by atoms with Gasteiger partial charge in [0.2, 0.25) is 0 Å². The van der Waals surface area contributed by atoms with E-state index in [0.717, 1.165) is 23.1 Å². The summed E-state index contributed by atoms with van der Waals surface area (Å²) in [6.07, 6.45) is 0.662. The van der Waals surface area contributed by atoms with Crippen molar-refractivity contribution in [3.8, 4) is 0 Å². The van der Waals surface area contributed by atoms with Gasteiger partial charge < -0.3 is 5.32 Å². The third kappa shape index (κ3) is 2.04. The molecule has 1 heterocycles. The molecule has 0 atom stereocenters. The molecule has 0 unspecified atom stereocenters. The minimum Gasteiger partial charge on any atom is -0.316 e. The normalized spacial score (nSPS) is 16.4. The summed E-state index contributed by atoms with van der Waals surface area (Å²) in [6, 6.07) is 7.60. The first kappa shape index (κ1) is 9.87. The Kier molecular flexibility index (Phi) is 2.99. The Hall–Kier alpha value is -0.670. The number of hydrogen-bond donors (Lipinski definition) is 1. The zero-order valence-electron chi connectivity index (χ0n) is 7.79. The molecule has 1 aromatic rings. The van der Waals surface area contributed by atoms with Crippen LogP contribution >= 0.6 is 15.9 Å². The van der Waals surface area contributed by atoms with Gasteiger partial charge in [0.25, 0.3) is 0 Å². The molecule has 0 aromatic heterocycles. The number of hydrogen-bond acceptors (Lipinski definition) is 2. The smallest absolute Gasteiger partial charge is 0.164 e. The molecule has 0 saturated carbocycles. The van der Waals surface area contributed by atoms with E-state index in [9.17, 15) is 4.79 Å². The highest BCUT2D eigenvalue weighted by atomic mass is 79.9. The predicted octanol–water partition coefficient (Wildman–Crippen LogP) is 2.24. The van der Waals surface area contributed by atoms with Crippen LogP contribution in [0.15, 0.2) is 28.7 Å². The lowest BCUT2D eigenvalue weighted by molar-refractivity contribution is 0.0945. The van der Waals surface area contributed by atoms with Crippen LogP contribution in [-0.4, -0.2) is 18.9 Å². The second kappa shape index (κ2) is 4.24. The van der Waals surface area contributed by atoms with Crippen LogP contribution < -0.4 is 5.32 Å². The molecule has 0 spiro atoms. The monoisotopic (exact) mass is 253 g/mol. The molecule has 0 amide bonds. The van der Waals surface area contributed by atoms with E-state index in [2.05, 4.69) is 21.2 Å². The Morgan fingerprint density at radius 3 is 2.71 bits per heavy atom. The van der Waals surface area contributed by atoms with E-state index < -0.39 is 0 Å². The standard InChI is InChI=1S/C11H12BrNO/c12-10-4-2-1-3-9(10)11(14)5-8-6-13-7-8/h1-4,8,13H,5-7H2. The van der Waals surface area contributed by atoms with Crippen LogP contribution in [0.1, 0.15) is 16.8 Å². The number of Topliss-reactive ketones (excluding diaryl/α,β-unsaturated/α-hetero) is 1. The van der Waals surface area contributed by atoms with Gasteiger partial charge in [-0.05, 0) is 25.1 Å². The number of carbonyl (C=O) groups excluding carboxylic acids is 1. The van der Waals surface area contributed by atoms with Crippen LogP contribution in [0.4, 0.5) is 0 Å². The average Bonchev–Trinajstić information content (AvgIpc) is 2.12. The summed E-state index contributed by atoms with van der Waals surface area (Å²) in [5, 5.41) is 3.17. The minimum atomic E-state index is 0.240. The van der Waals surface area contributed by atoms with Crippen molar-refractivity contribution in [3.63, 3.8) is 0 Å². The highest BCUT2D eigenvalue weighted by Gasteiger charge is 2.21. The fourth-order valence-corrected chi connectivity index (χ4v) is 2.06. The Labute approximate surface area is 91.8 Å². The Bertz CT molecular complexity index is 347. The van der Waals surface area contributed by atoms with E-state index >= 15 is 0 Å². The molecular weight excluding hydrogens is 242 g/mol. The Morgan fingerprint density at radius 1 is 1.43 bits per heavy atom. The summed E-state index contributed by atoms with van der Waals surface area (Å²) >= 11 is 3.39. The van der Waals surface area contributed by atoms with E-state index in [1.807, 2.05) is 24.3 Å². The van der Waals surface area contributed by atoms with Crippen molar-refractivity contribution >= 4 is 21.7 Å². The number of nitrogens with one attached hydrogen (secondary N) is 1. The van der Waals surface area contributed by atoms with Gasteiger partial charge >= 0.3 is 0 Å². The first-order chi connectivity index (χ1) is 6.77. The SMILES string of the molecule is O=C(CC1CNC1)c1ccccc1Br. The Balaban J connectivity index is 2.06. The topological polar surface area (TPSA) is 29.1 Å². The van der Waals surface area contributed by atoms with Crippen molar-refractivity contribution in [1.29, 1.82) is 0 Å². The number of rotatable bonds is 3. The molecule has 1 saturated heterocycles. The first-order valence-electron chi connectivity index (χ1n) is 4.76. The lowest BCUT2D eigenvalue weighted by atomic mass is 9.94. The second-order valence-electron chi connectivity index (χ2n) is 3.63. The number of carbonyl (C=O) groups is 1. The molecule has 1 aliphatic heterocycles. The maximum atomic E-state index is 11.8. The van der Waals surface area contributed by atoms with Gasteiger partial charge in [-0.15, -0.1) is 0 Å². The van der Waals surface area contributed by atoms with Crippen LogP contribution in [0.3, 0.4) is 0 Å². The van der Waals surface area contributed by atoms with Gasteiger partial charge in [0, 0.05) is 16.5 Å². The lowest BCUT2D eigenvalue weighted by Gasteiger charge is -2.26. The van der Waals surface area contributed by atoms with E-state index in [0.29, 0.717) is 12.3 Å². The molecule has 1 fully saturated rings. The highest BCUT2D eigenvalue weighted by molar-refractivity contribution is 9.10. The fraction of sp³-hybridized carbons (Fsp3) is 0.364. The zero-order chi connectivity index (χ0) is 9.97. The zero-order valence-corrected chi connectivity index (χ0v) is 9.38. The maximum absolute atomic E-state index is 11.8. The summed E-state index contributed by atoms with van der Waals surface area (Å²) in [5.41, 5.74) is 0.805. The van der Waals surface area contributed by atoms with Crippen molar-refractivity contribution in [2.24, 2.45) is 5.92 Å². The van der Waals surface area contributed by atoms with Gasteiger partial charge in [0.05, 0.1) is 0 Å².